The smallest absolute Gasteiger partial charge is 0.242 e. The summed E-state index contributed by atoms with van der Waals surface area (Å²) in [7, 11) is 0. The molecule has 1 saturated carbocycles. The molecule has 2 amide bonds. The van der Waals surface area contributed by atoms with Gasteiger partial charge in [0.1, 0.15) is 0 Å². The summed E-state index contributed by atoms with van der Waals surface area (Å²) in [6, 6.07) is 9.21. The standard InChI is InChI=1S/C16H20N2O3/c19-11-14(12-4-2-1-3-5-12)18-9-8-17(10-15(18)20)16(21)13-6-7-13/h1-5,13-14,19H,6-11H2. The normalized spacial score (nSPS) is 20.5. The summed E-state index contributed by atoms with van der Waals surface area (Å²) < 4.78 is 0. The Bertz CT molecular complexity index is 528. The van der Waals surface area contributed by atoms with Gasteiger partial charge >= 0.3 is 0 Å². The summed E-state index contributed by atoms with van der Waals surface area (Å²) in [4.78, 5) is 27.7. The quantitative estimate of drug-likeness (QED) is 0.891. The minimum absolute atomic E-state index is 0.0850. The molecule has 1 heterocycles. The zero-order chi connectivity index (χ0) is 14.8. The number of amides is 2. The lowest BCUT2D eigenvalue weighted by atomic mass is 10.0. The summed E-state index contributed by atoms with van der Waals surface area (Å²) in [6.07, 6.45) is 1.91. The van der Waals surface area contributed by atoms with Crippen molar-refractivity contribution in [2.24, 2.45) is 5.92 Å². The van der Waals surface area contributed by atoms with Gasteiger partial charge in [-0.1, -0.05) is 30.3 Å². The van der Waals surface area contributed by atoms with E-state index >= 15 is 0 Å². The van der Waals surface area contributed by atoms with Crippen molar-refractivity contribution in [1.29, 1.82) is 0 Å². The summed E-state index contributed by atoms with van der Waals surface area (Å²) in [5, 5.41) is 9.65. The van der Waals surface area contributed by atoms with E-state index in [1.165, 1.54) is 0 Å². The number of hydrogen-bond acceptors (Lipinski definition) is 3. The molecule has 1 aromatic carbocycles. The Labute approximate surface area is 124 Å². The third-order valence-electron chi connectivity index (χ3n) is 4.23. The van der Waals surface area contributed by atoms with Crippen molar-refractivity contribution >= 4 is 11.8 Å². The van der Waals surface area contributed by atoms with Crippen LogP contribution >= 0.6 is 0 Å². The van der Waals surface area contributed by atoms with Crippen LogP contribution in [0.2, 0.25) is 0 Å². The second-order valence-electron chi connectivity index (χ2n) is 5.73. The van der Waals surface area contributed by atoms with E-state index < -0.39 is 0 Å². The highest BCUT2D eigenvalue weighted by molar-refractivity contribution is 5.88. The zero-order valence-electron chi connectivity index (χ0n) is 11.9. The fourth-order valence-electron chi connectivity index (χ4n) is 2.85. The second kappa shape index (κ2) is 5.85. The molecule has 3 rings (SSSR count). The maximum absolute atomic E-state index is 12.3. The van der Waals surface area contributed by atoms with Crippen LogP contribution < -0.4 is 0 Å². The van der Waals surface area contributed by atoms with Gasteiger partial charge in [-0.3, -0.25) is 9.59 Å². The third kappa shape index (κ3) is 2.93. The molecule has 1 aliphatic heterocycles. The maximum Gasteiger partial charge on any atom is 0.242 e. The first-order valence-corrected chi connectivity index (χ1v) is 7.44. The van der Waals surface area contributed by atoms with Gasteiger partial charge in [-0.2, -0.15) is 0 Å². The highest BCUT2D eigenvalue weighted by Crippen LogP contribution is 2.32. The summed E-state index contributed by atoms with van der Waals surface area (Å²) in [6.45, 7) is 1.08. The minimum atomic E-state index is -0.322. The fourth-order valence-corrected chi connectivity index (χ4v) is 2.85. The fraction of sp³-hybridized carbons (Fsp3) is 0.500. The SMILES string of the molecule is O=C(C1CC1)N1CCN(C(CO)c2ccccc2)C(=O)C1. The van der Waals surface area contributed by atoms with Gasteiger partial charge in [0, 0.05) is 19.0 Å². The van der Waals surface area contributed by atoms with Crippen LogP contribution in [-0.4, -0.2) is 53.0 Å². The van der Waals surface area contributed by atoms with Gasteiger partial charge in [0.15, 0.2) is 0 Å². The van der Waals surface area contributed by atoms with E-state index in [0.717, 1.165) is 18.4 Å². The first-order valence-electron chi connectivity index (χ1n) is 7.44. The van der Waals surface area contributed by atoms with Gasteiger partial charge in [0.2, 0.25) is 11.8 Å². The number of aliphatic hydroxyl groups excluding tert-OH is 1. The van der Waals surface area contributed by atoms with Gasteiger partial charge < -0.3 is 14.9 Å². The molecule has 2 fully saturated rings. The molecule has 21 heavy (non-hydrogen) atoms. The average molecular weight is 288 g/mol. The van der Waals surface area contributed by atoms with Crippen molar-refractivity contribution in [2.75, 3.05) is 26.2 Å². The van der Waals surface area contributed by atoms with Crippen LogP contribution in [0.3, 0.4) is 0 Å². The largest absolute Gasteiger partial charge is 0.394 e. The predicted molar refractivity (Wildman–Crippen MR) is 77.3 cm³/mol. The van der Waals surface area contributed by atoms with E-state index in [-0.39, 0.29) is 36.9 Å². The molecule has 0 bridgehead atoms. The first kappa shape index (κ1) is 14.1. The monoisotopic (exact) mass is 288 g/mol. The maximum atomic E-state index is 12.3. The lowest BCUT2D eigenvalue weighted by molar-refractivity contribution is -0.148. The summed E-state index contributed by atoms with van der Waals surface area (Å²) >= 11 is 0. The Hall–Kier alpha value is -1.88. The minimum Gasteiger partial charge on any atom is -0.394 e. The molecule has 2 aliphatic rings. The van der Waals surface area contributed by atoms with E-state index in [4.69, 9.17) is 0 Å². The lowest BCUT2D eigenvalue weighted by Crippen LogP contribution is -2.54. The molecule has 1 aliphatic carbocycles. The Balaban J connectivity index is 1.69. The van der Waals surface area contributed by atoms with Crippen molar-refractivity contribution in [3.05, 3.63) is 35.9 Å². The Morgan fingerprint density at radius 3 is 2.52 bits per heavy atom. The molecule has 0 spiro atoms. The van der Waals surface area contributed by atoms with Gasteiger partial charge in [0.05, 0.1) is 19.2 Å². The molecular weight excluding hydrogens is 268 g/mol. The third-order valence-corrected chi connectivity index (χ3v) is 4.23. The van der Waals surface area contributed by atoms with E-state index in [2.05, 4.69) is 0 Å². The lowest BCUT2D eigenvalue weighted by Gasteiger charge is -2.38. The summed E-state index contributed by atoms with van der Waals surface area (Å²) in [5.74, 6) is 0.175. The number of carbonyl (C=O) groups is 2. The van der Waals surface area contributed by atoms with E-state index in [9.17, 15) is 14.7 Å². The Kier molecular flexibility index (Phi) is 3.92. The molecule has 5 heteroatoms. The van der Waals surface area contributed by atoms with Crippen molar-refractivity contribution < 1.29 is 14.7 Å². The van der Waals surface area contributed by atoms with Crippen LogP contribution in [0.15, 0.2) is 30.3 Å². The highest BCUT2D eigenvalue weighted by atomic mass is 16.3. The molecule has 1 atom stereocenters. The zero-order valence-corrected chi connectivity index (χ0v) is 11.9. The van der Waals surface area contributed by atoms with Crippen molar-refractivity contribution in [3.63, 3.8) is 0 Å². The number of rotatable bonds is 4. The van der Waals surface area contributed by atoms with E-state index in [0.29, 0.717) is 13.1 Å². The molecule has 1 N–H and O–H groups in total. The first-order chi connectivity index (χ1) is 10.2. The molecule has 0 radical (unpaired) electrons. The second-order valence-corrected chi connectivity index (χ2v) is 5.73. The number of benzene rings is 1. The van der Waals surface area contributed by atoms with Crippen LogP contribution in [0.25, 0.3) is 0 Å². The van der Waals surface area contributed by atoms with Gasteiger partial charge in [-0.15, -0.1) is 0 Å². The summed E-state index contributed by atoms with van der Waals surface area (Å²) in [5.41, 5.74) is 0.926. The Morgan fingerprint density at radius 1 is 1.24 bits per heavy atom. The highest BCUT2D eigenvalue weighted by Gasteiger charge is 2.38. The number of nitrogens with zero attached hydrogens (tertiary/aromatic N) is 2. The molecule has 1 unspecified atom stereocenters. The molecular formula is C16H20N2O3. The molecule has 112 valence electrons. The molecule has 1 saturated heterocycles. The molecule has 1 aromatic rings. The van der Waals surface area contributed by atoms with E-state index in [1.807, 2.05) is 30.3 Å². The Morgan fingerprint density at radius 2 is 1.95 bits per heavy atom. The van der Waals surface area contributed by atoms with Crippen molar-refractivity contribution in [2.45, 2.75) is 18.9 Å². The van der Waals surface area contributed by atoms with Crippen LogP contribution in [0, 0.1) is 5.92 Å². The topological polar surface area (TPSA) is 60.9 Å². The number of hydrogen-bond donors (Lipinski definition) is 1. The molecule has 0 aromatic heterocycles. The van der Waals surface area contributed by atoms with Crippen LogP contribution in [0.4, 0.5) is 0 Å². The van der Waals surface area contributed by atoms with Crippen LogP contribution in [0.1, 0.15) is 24.4 Å². The number of piperazine rings is 1. The van der Waals surface area contributed by atoms with Crippen molar-refractivity contribution in [3.8, 4) is 0 Å². The number of carbonyl (C=O) groups excluding carboxylic acids is 2. The van der Waals surface area contributed by atoms with Gasteiger partial charge in [-0.05, 0) is 18.4 Å². The van der Waals surface area contributed by atoms with E-state index in [1.54, 1.807) is 9.80 Å². The average Bonchev–Trinajstić information content (AvgIpc) is 3.34. The van der Waals surface area contributed by atoms with Crippen LogP contribution in [-0.2, 0) is 9.59 Å². The molecule has 5 nitrogen and oxygen atoms in total. The van der Waals surface area contributed by atoms with Gasteiger partial charge in [-0.25, -0.2) is 0 Å². The number of aliphatic hydroxyl groups is 1. The van der Waals surface area contributed by atoms with Crippen LogP contribution in [0.5, 0.6) is 0 Å². The van der Waals surface area contributed by atoms with Gasteiger partial charge in [0.25, 0.3) is 0 Å². The van der Waals surface area contributed by atoms with Crippen molar-refractivity contribution in [1.82, 2.24) is 9.80 Å². The predicted octanol–water partition coefficient (Wildman–Crippen LogP) is 0.801.